The predicted molar refractivity (Wildman–Crippen MR) is 99.4 cm³/mol. The number of aliphatic carboxylic acids is 1. The third-order valence-corrected chi connectivity index (χ3v) is 4.80. The van der Waals surface area contributed by atoms with Crippen LogP contribution in [0.4, 0.5) is 23.2 Å². The second-order valence-electron chi connectivity index (χ2n) is 7.00. The van der Waals surface area contributed by atoms with Crippen LogP contribution in [-0.4, -0.2) is 24.0 Å². The Kier molecular flexibility index (Phi) is 6.15. The molecule has 1 heterocycles. The van der Waals surface area contributed by atoms with E-state index in [1.54, 1.807) is 17.0 Å². The van der Waals surface area contributed by atoms with Gasteiger partial charge in [0, 0.05) is 19.2 Å². The van der Waals surface area contributed by atoms with Crippen molar-refractivity contribution in [1.29, 1.82) is 5.26 Å². The van der Waals surface area contributed by atoms with Crippen molar-refractivity contribution < 1.29 is 32.2 Å². The lowest BCUT2D eigenvalue weighted by Gasteiger charge is -2.31. The highest BCUT2D eigenvalue weighted by atomic mass is 19.4. The minimum Gasteiger partial charge on any atom is -0.481 e. The number of carboxylic acids is 1. The van der Waals surface area contributed by atoms with Gasteiger partial charge >= 0.3 is 12.3 Å². The smallest absolute Gasteiger partial charge is 0.481 e. The maximum atomic E-state index is 13.8. The number of hydrogen-bond donors (Lipinski definition) is 1. The molecule has 0 amide bonds. The number of anilines is 1. The van der Waals surface area contributed by atoms with Crippen LogP contribution in [0.2, 0.25) is 0 Å². The fourth-order valence-corrected chi connectivity index (χ4v) is 3.16. The molecule has 158 valence electrons. The van der Waals surface area contributed by atoms with Crippen LogP contribution in [0.1, 0.15) is 29.5 Å². The standard InChI is InChI=1S/C17H12F4N2O.C4H6O2/c18-15-3-1-2-12-10-23(7-6-14(12)15)16-8-13(24-17(19,20)21)5-4-11(16)9-22;5-4(6)3-1-2-3/h1-5,8H,6-7,10H2;3H,1-2H2,(H,5,6). The predicted octanol–water partition coefficient (Wildman–Crippen LogP) is 4.64. The Hall–Kier alpha value is -3.28. The topological polar surface area (TPSA) is 73.6 Å². The number of carboxylic acid groups (broad SMARTS) is 1. The number of rotatable bonds is 3. The number of ether oxygens (including phenoxy) is 1. The summed E-state index contributed by atoms with van der Waals surface area (Å²) in [6, 6.07) is 10.3. The van der Waals surface area contributed by atoms with Gasteiger partial charge in [-0.2, -0.15) is 5.26 Å². The van der Waals surface area contributed by atoms with E-state index < -0.39 is 12.3 Å². The molecule has 0 radical (unpaired) electrons. The monoisotopic (exact) mass is 422 g/mol. The summed E-state index contributed by atoms with van der Waals surface area (Å²) >= 11 is 0. The van der Waals surface area contributed by atoms with Crippen molar-refractivity contribution in [1.82, 2.24) is 0 Å². The summed E-state index contributed by atoms with van der Waals surface area (Å²) in [5, 5.41) is 17.3. The van der Waals surface area contributed by atoms with Gasteiger partial charge in [-0.05, 0) is 48.6 Å². The summed E-state index contributed by atoms with van der Waals surface area (Å²) in [7, 11) is 0. The molecule has 0 atom stereocenters. The number of halogens is 4. The van der Waals surface area contributed by atoms with Gasteiger partial charge in [0.2, 0.25) is 0 Å². The maximum Gasteiger partial charge on any atom is 0.573 e. The lowest BCUT2D eigenvalue weighted by atomic mass is 9.98. The number of benzene rings is 2. The third-order valence-electron chi connectivity index (χ3n) is 4.80. The van der Waals surface area contributed by atoms with Crippen molar-refractivity contribution in [2.24, 2.45) is 5.92 Å². The highest BCUT2D eigenvalue weighted by Gasteiger charge is 2.32. The molecular weight excluding hydrogens is 404 g/mol. The van der Waals surface area contributed by atoms with Crippen molar-refractivity contribution in [3.63, 3.8) is 0 Å². The number of fused-ring (bicyclic) bond motifs is 1. The summed E-state index contributed by atoms with van der Waals surface area (Å²) in [5.74, 6) is -1.29. The highest BCUT2D eigenvalue weighted by molar-refractivity contribution is 5.72. The summed E-state index contributed by atoms with van der Waals surface area (Å²) in [6.07, 6.45) is -2.59. The van der Waals surface area contributed by atoms with E-state index in [4.69, 9.17) is 5.11 Å². The molecule has 0 unspecified atom stereocenters. The highest BCUT2D eigenvalue weighted by Crippen LogP contribution is 2.33. The van der Waals surface area contributed by atoms with Crippen molar-refractivity contribution in [3.8, 4) is 11.8 Å². The molecule has 2 aromatic carbocycles. The van der Waals surface area contributed by atoms with E-state index in [1.807, 2.05) is 6.07 Å². The van der Waals surface area contributed by atoms with Crippen LogP contribution in [-0.2, 0) is 17.8 Å². The Morgan fingerprint density at radius 1 is 1.23 bits per heavy atom. The lowest BCUT2D eigenvalue weighted by Crippen LogP contribution is -2.31. The van der Waals surface area contributed by atoms with Crippen LogP contribution >= 0.6 is 0 Å². The largest absolute Gasteiger partial charge is 0.573 e. The molecular formula is C21H18F4N2O3. The molecule has 9 heteroatoms. The molecule has 2 aromatic rings. The van der Waals surface area contributed by atoms with Gasteiger partial charge in [-0.3, -0.25) is 4.79 Å². The van der Waals surface area contributed by atoms with Gasteiger partial charge in [-0.25, -0.2) is 4.39 Å². The van der Waals surface area contributed by atoms with E-state index in [1.165, 1.54) is 18.2 Å². The molecule has 1 aliphatic heterocycles. The quantitative estimate of drug-likeness (QED) is 0.730. The molecule has 2 aliphatic rings. The Morgan fingerprint density at radius 2 is 1.97 bits per heavy atom. The van der Waals surface area contributed by atoms with Crippen LogP contribution in [0, 0.1) is 23.1 Å². The first-order chi connectivity index (χ1) is 14.2. The number of alkyl halides is 3. The maximum absolute atomic E-state index is 13.8. The van der Waals surface area contributed by atoms with E-state index in [0.29, 0.717) is 30.8 Å². The minimum atomic E-state index is -4.80. The molecule has 1 saturated carbocycles. The average Bonchev–Trinajstić information content (AvgIpc) is 3.53. The molecule has 5 nitrogen and oxygen atoms in total. The van der Waals surface area contributed by atoms with Gasteiger partial charge in [0.1, 0.15) is 17.6 Å². The number of hydrogen-bond acceptors (Lipinski definition) is 4. The van der Waals surface area contributed by atoms with Gasteiger partial charge in [0.25, 0.3) is 0 Å². The van der Waals surface area contributed by atoms with Gasteiger partial charge in [0.05, 0.1) is 17.2 Å². The Bertz CT molecular complexity index is 981. The third kappa shape index (κ3) is 5.41. The molecule has 0 bridgehead atoms. The van der Waals surface area contributed by atoms with E-state index in [0.717, 1.165) is 24.5 Å². The summed E-state index contributed by atoms with van der Waals surface area (Å²) in [6.45, 7) is 0.718. The van der Waals surface area contributed by atoms with Gasteiger partial charge in [-0.15, -0.1) is 13.2 Å². The zero-order valence-corrected chi connectivity index (χ0v) is 15.7. The van der Waals surface area contributed by atoms with Crippen LogP contribution in [0.25, 0.3) is 0 Å². The van der Waals surface area contributed by atoms with Crippen molar-refractivity contribution in [2.75, 3.05) is 11.4 Å². The van der Waals surface area contributed by atoms with E-state index in [2.05, 4.69) is 4.74 Å². The molecule has 1 N–H and O–H groups in total. The summed E-state index contributed by atoms with van der Waals surface area (Å²) in [4.78, 5) is 11.5. The van der Waals surface area contributed by atoms with Gasteiger partial charge in [0.15, 0.2) is 0 Å². The van der Waals surface area contributed by atoms with Crippen molar-refractivity contribution in [3.05, 3.63) is 58.9 Å². The Morgan fingerprint density at radius 3 is 2.53 bits per heavy atom. The minimum absolute atomic E-state index is 0.0185. The Balaban J connectivity index is 0.000000367. The van der Waals surface area contributed by atoms with Crippen molar-refractivity contribution >= 4 is 11.7 Å². The molecule has 0 spiro atoms. The molecule has 1 fully saturated rings. The second-order valence-corrected chi connectivity index (χ2v) is 7.00. The number of nitriles is 1. The van der Waals surface area contributed by atoms with E-state index >= 15 is 0 Å². The van der Waals surface area contributed by atoms with Crippen LogP contribution in [0.15, 0.2) is 36.4 Å². The van der Waals surface area contributed by atoms with Crippen LogP contribution in [0.3, 0.4) is 0 Å². The first kappa shape index (κ1) is 21.4. The molecule has 30 heavy (non-hydrogen) atoms. The summed E-state index contributed by atoms with van der Waals surface area (Å²) < 4.78 is 54.9. The number of nitrogens with zero attached hydrogens (tertiary/aromatic N) is 2. The Labute approximate surface area is 170 Å². The normalized spacial score (nSPS) is 15.4. The van der Waals surface area contributed by atoms with Crippen molar-refractivity contribution in [2.45, 2.75) is 32.2 Å². The molecule has 0 saturated heterocycles. The van der Waals surface area contributed by atoms with Gasteiger partial charge in [-0.1, -0.05) is 12.1 Å². The van der Waals surface area contributed by atoms with Crippen LogP contribution < -0.4 is 9.64 Å². The fraction of sp³-hybridized carbons (Fsp3) is 0.333. The zero-order chi connectivity index (χ0) is 21.9. The van der Waals surface area contributed by atoms with Crippen LogP contribution in [0.5, 0.6) is 5.75 Å². The molecule has 1 aliphatic carbocycles. The van der Waals surface area contributed by atoms with E-state index in [9.17, 15) is 27.6 Å². The zero-order valence-electron chi connectivity index (χ0n) is 15.7. The number of carbonyl (C=O) groups is 1. The first-order valence-electron chi connectivity index (χ1n) is 9.22. The fourth-order valence-electron chi connectivity index (χ4n) is 3.16. The lowest BCUT2D eigenvalue weighted by molar-refractivity contribution is -0.274. The SMILES string of the molecule is N#Cc1ccc(OC(F)(F)F)cc1N1CCc2c(F)cccc2C1.O=C(O)C1CC1. The average molecular weight is 422 g/mol. The second kappa shape index (κ2) is 8.61. The van der Waals surface area contributed by atoms with Gasteiger partial charge < -0.3 is 14.7 Å². The molecule has 0 aromatic heterocycles. The van der Waals surface area contributed by atoms with E-state index in [-0.39, 0.29) is 23.0 Å². The molecule has 4 rings (SSSR count). The summed E-state index contributed by atoms with van der Waals surface area (Å²) in [5.41, 5.74) is 1.95. The first-order valence-corrected chi connectivity index (χ1v) is 9.22.